The Morgan fingerprint density at radius 3 is 2.62 bits per heavy atom. The van der Waals surface area contributed by atoms with Crippen molar-refractivity contribution in [3.8, 4) is 0 Å². The van der Waals surface area contributed by atoms with Gasteiger partial charge in [-0.3, -0.25) is 0 Å². The summed E-state index contributed by atoms with van der Waals surface area (Å²) in [5.41, 5.74) is 0. The maximum absolute atomic E-state index is 4.71. The summed E-state index contributed by atoms with van der Waals surface area (Å²) in [6.07, 6.45) is 3.97. The highest BCUT2D eigenvalue weighted by molar-refractivity contribution is 5.39. The van der Waals surface area contributed by atoms with E-state index in [-0.39, 0.29) is 5.92 Å². The van der Waals surface area contributed by atoms with Crippen LogP contribution >= 0.6 is 0 Å². The molecular weight excluding hydrogens is 304 g/mol. The molecule has 3 heterocycles. The van der Waals surface area contributed by atoms with Crippen molar-refractivity contribution >= 4 is 11.9 Å². The average Bonchev–Trinajstić information content (AvgIpc) is 3.00. The van der Waals surface area contributed by atoms with Gasteiger partial charge in [0.05, 0.1) is 0 Å². The Hall–Kier alpha value is -2.25. The van der Waals surface area contributed by atoms with Gasteiger partial charge in [-0.15, -0.1) is 10.2 Å². The standard InChI is InChI=1S/C16H26N8/c1-11(2)13-18-15(22(3)4)20-16(19-13)24-8-6-7-12(9-24)14-21-17-10-23(14)5/h10-12H,6-9H2,1-5H3. The lowest BCUT2D eigenvalue weighted by Gasteiger charge is -2.32. The van der Waals surface area contributed by atoms with Gasteiger partial charge in [0.15, 0.2) is 0 Å². The number of rotatable bonds is 4. The maximum atomic E-state index is 4.71. The van der Waals surface area contributed by atoms with Gasteiger partial charge < -0.3 is 14.4 Å². The minimum atomic E-state index is 0.268. The molecule has 0 N–H and O–H groups in total. The lowest BCUT2D eigenvalue weighted by molar-refractivity contribution is 0.473. The molecule has 130 valence electrons. The second-order valence-corrected chi connectivity index (χ2v) is 6.93. The van der Waals surface area contributed by atoms with Gasteiger partial charge in [0.25, 0.3) is 0 Å². The van der Waals surface area contributed by atoms with E-state index in [1.165, 1.54) is 0 Å². The first-order valence-electron chi connectivity index (χ1n) is 8.48. The summed E-state index contributed by atoms with van der Waals surface area (Å²) in [6, 6.07) is 0. The number of aromatic nitrogens is 6. The van der Waals surface area contributed by atoms with Crippen LogP contribution in [0.3, 0.4) is 0 Å². The molecule has 24 heavy (non-hydrogen) atoms. The van der Waals surface area contributed by atoms with Crippen molar-refractivity contribution < 1.29 is 0 Å². The molecule has 0 amide bonds. The molecule has 1 atom stereocenters. The molecule has 0 aliphatic carbocycles. The highest BCUT2D eigenvalue weighted by Crippen LogP contribution is 2.28. The van der Waals surface area contributed by atoms with Crippen molar-refractivity contribution in [3.05, 3.63) is 18.0 Å². The molecule has 1 unspecified atom stereocenters. The van der Waals surface area contributed by atoms with E-state index in [0.717, 1.165) is 43.5 Å². The number of nitrogens with zero attached hydrogens (tertiary/aromatic N) is 8. The van der Waals surface area contributed by atoms with E-state index < -0.39 is 0 Å². The molecule has 0 aromatic carbocycles. The molecule has 1 aliphatic heterocycles. The second-order valence-electron chi connectivity index (χ2n) is 6.93. The topological polar surface area (TPSA) is 75.9 Å². The number of aryl methyl sites for hydroxylation is 1. The van der Waals surface area contributed by atoms with Crippen LogP contribution in [0.2, 0.25) is 0 Å². The lowest BCUT2D eigenvalue weighted by atomic mass is 9.97. The molecule has 8 nitrogen and oxygen atoms in total. The van der Waals surface area contributed by atoms with Crippen molar-refractivity contribution in [2.75, 3.05) is 37.0 Å². The number of anilines is 2. The molecule has 1 saturated heterocycles. The molecule has 0 radical (unpaired) electrons. The second kappa shape index (κ2) is 6.70. The third kappa shape index (κ3) is 3.32. The molecule has 1 aliphatic rings. The number of hydrogen-bond acceptors (Lipinski definition) is 7. The minimum Gasteiger partial charge on any atom is -0.347 e. The van der Waals surface area contributed by atoms with Crippen LogP contribution in [0.5, 0.6) is 0 Å². The fraction of sp³-hybridized carbons (Fsp3) is 0.688. The van der Waals surface area contributed by atoms with E-state index in [4.69, 9.17) is 4.98 Å². The van der Waals surface area contributed by atoms with Crippen LogP contribution in [-0.2, 0) is 7.05 Å². The molecule has 8 heteroatoms. The van der Waals surface area contributed by atoms with E-state index in [0.29, 0.717) is 11.9 Å². The van der Waals surface area contributed by atoms with E-state index in [1.54, 1.807) is 6.33 Å². The van der Waals surface area contributed by atoms with Gasteiger partial charge in [0.1, 0.15) is 18.0 Å². The van der Waals surface area contributed by atoms with Crippen molar-refractivity contribution in [1.29, 1.82) is 0 Å². The Labute approximate surface area is 143 Å². The summed E-state index contributed by atoms with van der Waals surface area (Å²) >= 11 is 0. The Bertz CT molecular complexity index is 667. The van der Waals surface area contributed by atoms with E-state index in [9.17, 15) is 0 Å². The van der Waals surface area contributed by atoms with Crippen LogP contribution in [0.1, 0.15) is 50.2 Å². The van der Waals surface area contributed by atoms with Crippen LogP contribution < -0.4 is 9.80 Å². The quantitative estimate of drug-likeness (QED) is 0.842. The fourth-order valence-corrected chi connectivity index (χ4v) is 3.00. The van der Waals surface area contributed by atoms with Gasteiger partial charge in [0.2, 0.25) is 11.9 Å². The molecule has 2 aromatic heterocycles. The van der Waals surface area contributed by atoms with Gasteiger partial charge in [0, 0.05) is 46.1 Å². The molecule has 0 spiro atoms. The van der Waals surface area contributed by atoms with Gasteiger partial charge in [-0.1, -0.05) is 13.8 Å². The molecule has 3 rings (SSSR count). The molecule has 2 aromatic rings. The smallest absolute Gasteiger partial charge is 0.230 e. The Morgan fingerprint density at radius 1 is 1.21 bits per heavy atom. The first-order chi connectivity index (χ1) is 11.5. The van der Waals surface area contributed by atoms with E-state index in [1.807, 2.05) is 30.6 Å². The summed E-state index contributed by atoms with van der Waals surface area (Å²) in [7, 11) is 5.92. The zero-order valence-electron chi connectivity index (χ0n) is 15.1. The summed E-state index contributed by atoms with van der Waals surface area (Å²) in [4.78, 5) is 18.1. The molecular formula is C16H26N8. The predicted molar refractivity (Wildman–Crippen MR) is 93.4 cm³/mol. The van der Waals surface area contributed by atoms with E-state index in [2.05, 4.69) is 38.9 Å². The van der Waals surface area contributed by atoms with Crippen molar-refractivity contribution in [3.63, 3.8) is 0 Å². The molecule has 0 saturated carbocycles. The van der Waals surface area contributed by atoms with Crippen LogP contribution in [0.4, 0.5) is 11.9 Å². The van der Waals surface area contributed by atoms with Gasteiger partial charge in [-0.05, 0) is 12.8 Å². The average molecular weight is 330 g/mol. The van der Waals surface area contributed by atoms with Crippen LogP contribution in [0.15, 0.2) is 6.33 Å². The first kappa shape index (κ1) is 16.6. The Morgan fingerprint density at radius 2 is 2.00 bits per heavy atom. The summed E-state index contributed by atoms with van der Waals surface area (Å²) in [5.74, 6) is 3.97. The first-order valence-corrected chi connectivity index (χ1v) is 8.48. The number of hydrogen-bond donors (Lipinski definition) is 0. The zero-order valence-corrected chi connectivity index (χ0v) is 15.1. The highest BCUT2D eigenvalue weighted by atomic mass is 15.3. The number of piperidine rings is 1. The van der Waals surface area contributed by atoms with Gasteiger partial charge >= 0.3 is 0 Å². The summed E-state index contributed by atoms with van der Waals surface area (Å²) in [6.45, 7) is 6.04. The summed E-state index contributed by atoms with van der Waals surface area (Å²) < 4.78 is 2.01. The van der Waals surface area contributed by atoms with Crippen molar-refractivity contribution in [2.45, 2.75) is 38.5 Å². The maximum Gasteiger partial charge on any atom is 0.230 e. The Balaban J connectivity index is 1.89. The van der Waals surface area contributed by atoms with Crippen LogP contribution in [-0.4, -0.2) is 56.9 Å². The fourth-order valence-electron chi connectivity index (χ4n) is 3.00. The lowest BCUT2D eigenvalue weighted by Crippen LogP contribution is -2.37. The monoisotopic (exact) mass is 330 g/mol. The normalized spacial score (nSPS) is 18.2. The summed E-state index contributed by atoms with van der Waals surface area (Å²) in [5, 5.41) is 8.30. The van der Waals surface area contributed by atoms with Gasteiger partial charge in [-0.25, -0.2) is 0 Å². The molecule has 1 fully saturated rings. The van der Waals surface area contributed by atoms with Crippen LogP contribution in [0.25, 0.3) is 0 Å². The molecule has 0 bridgehead atoms. The Kier molecular flexibility index (Phi) is 4.64. The minimum absolute atomic E-state index is 0.268. The third-order valence-electron chi connectivity index (χ3n) is 4.36. The van der Waals surface area contributed by atoms with Crippen molar-refractivity contribution in [2.24, 2.45) is 7.05 Å². The van der Waals surface area contributed by atoms with Crippen molar-refractivity contribution in [1.82, 2.24) is 29.7 Å². The third-order valence-corrected chi connectivity index (χ3v) is 4.36. The zero-order chi connectivity index (χ0) is 17.3. The largest absolute Gasteiger partial charge is 0.347 e. The van der Waals surface area contributed by atoms with Gasteiger partial charge in [-0.2, -0.15) is 15.0 Å². The van der Waals surface area contributed by atoms with Crippen LogP contribution in [0, 0.1) is 0 Å². The SMILES string of the molecule is CC(C)c1nc(N(C)C)nc(N2CCCC(c3nncn3C)C2)n1. The highest BCUT2D eigenvalue weighted by Gasteiger charge is 2.27. The predicted octanol–water partition coefficient (Wildman–Crippen LogP) is 1.57. The van der Waals surface area contributed by atoms with E-state index >= 15 is 0 Å².